The van der Waals surface area contributed by atoms with Crippen LogP contribution in [0.15, 0.2) is 48.5 Å². The lowest BCUT2D eigenvalue weighted by Gasteiger charge is -2.14. The molecule has 0 fully saturated rings. The highest BCUT2D eigenvalue weighted by atomic mass is 19.1. The van der Waals surface area contributed by atoms with E-state index in [2.05, 4.69) is 24.4 Å². The number of nitrogens with one attached hydrogen (secondary N) is 1. The van der Waals surface area contributed by atoms with Gasteiger partial charge in [-0.05, 0) is 48.7 Å². The van der Waals surface area contributed by atoms with Crippen molar-refractivity contribution in [3.8, 4) is 5.75 Å². The van der Waals surface area contributed by atoms with E-state index in [1.54, 1.807) is 7.11 Å². The summed E-state index contributed by atoms with van der Waals surface area (Å²) in [5.41, 5.74) is 2.36. The number of halogens is 1. The average molecular weight is 273 g/mol. The quantitative estimate of drug-likeness (QED) is 0.869. The molecule has 1 atom stereocenters. The van der Waals surface area contributed by atoms with Crippen molar-refractivity contribution in [3.05, 3.63) is 65.5 Å². The van der Waals surface area contributed by atoms with Crippen LogP contribution in [-0.2, 0) is 13.0 Å². The third kappa shape index (κ3) is 4.35. The van der Waals surface area contributed by atoms with Crippen LogP contribution in [0.2, 0.25) is 0 Å². The molecule has 0 saturated carbocycles. The lowest BCUT2D eigenvalue weighted by atomic mass is 10.1. The van der Waals surface area contributed by atoms with E-state index in [-0.39, 0.29) is 5.82 Å². The fraction of sp³-hybridized carbons (Fsp3) is 0.294. The third-order valence-corrected chi connectivity index (χ3v) is 3.27. The highest BCUT2D eigenvalue weighted by Crippen LogP contribution is 2.11. The summed E-state index contributed by atoms with van der Waals surface area (Å²) in [5, 5.41) is 3.46. The number of benzene rings is 2. The highest BCUT2D eigenvalue weighted by Gasteiger charge is 2.04. The summed E-state index contributed by atoms with van der Waals surface area (Å²) in [6.45, 7) is 2.94. The summed E-state index contributed by atoms with van der Waals surface area (Å²) >= 11 is 0. The normalized spacial score (nSPS) is 12.2. The van der Waals surface area contributed by atoms with E-state index in [9.17, 15) is 4.39 Å². The summed E-state index contributed by atoms with van der Waals surface area (Å²) in [6.07, 6.45) is 0.885. The molecule has 0 radical (unpaired) electrons. The highest BCUT2D eigenvalue weighted by molar-refractivity contribution is 5.27. The van der Waals surface area contributed by atoms with Crippen LogP contribution in [-0.4, -0.2) is 13.2 Å². The number of hydrogen-bond donors (Lipinski definition) is 1. The molecule has 106 valence electrons. The SMILES string of the molecule is COc1ccc(CNC(C)Cc2ccc(F)cc2)cc1. The second-order valence-corrected chi connectivity index (χ2v) is 4.96. The first kappa shape index (κ1) is 14.5. The third-order valence-electron chi connectivity index (χ3n) is 3.27. The van der Waals surface area contributed by atoms with Crippen LogP contribution in [0.25, 0.3) is 0 Å². The molecule has 0 aromatic heterocycles. The predicted molar refractivity (Wildman–Crippen MR) is 79.4 cm³/mol. The Hall–Kier alpha value is -1.87. The molecule has 2 rings (SSSR count). The van der Waals surface area contributed by atoms with E-state index >= 15 is 0 Å². The van der Waals surface area contributed by atoms with Crippen LogP contribution in [0.4, 0.5) is 4.39 Å². The summed E-state index contributed by atoms with van der Waals surface area (Å²) in [7, 11) is 1.66. The van der Waals surface area contributed by atoms with Gasteiger partial charge in [-0.2, -0.15) is 0 Å². The first-order valence-electron chi connectivity index (χ1n) is 6.78. The van der Waals surface area contributed by atoms with E-state index in [0.29, 0.717) is 6.04 Å². The van der Waals surface area contributed by atoms with Crippen LogP contribution >= 0.6 is 0 Å². The van der Waals surface area contributed by atoms with Gasteiger partial charge < -0.3 is 10.1 Å². The number of rotatable bonds is 6. The van der Waals surface area contributed by atoms with E-state index in [1.165, 1.54) is 17.7 Å². The number of hydrogen-bond acceptors (Lipinski definition) is 2. The Labute approximate surface area is 119 Å². The zero-order valence-electron chi connectivity index (χ0n) is 11.9. The molecule has 1 unspecified atom stereocenters. The molecule has 0 saturated heterocycles. The predicted octanol–water partition coefficient (Wildman–Crippen LogP) is 3.56. The van der Waals surface area contributed by atoms with Gasteiger partial charge in [0.2, 0.25) is 0 Å². The first-order chi connectivity index (χ1) is 9.67. The minimum absolute atomic E-state index is 0.187. The maximum absolute atomic E-state index is 12.8. The standard InChI is InChI=1S/C17H20FNO/c1-13(11-14-3-7-16(18)8-4-14)19-12-15-5-9-17(20-2)10-6-15/h3-10,13,19H,11-12H2,1-2H3. The van der Waals surface area contributed by atoms with Crippen molar-refractivity contribution in [2.24, 2.45) is 0 Å². The summed E-state index contributed by atoms with van der Waals surface area (Å²) in [5.74, 6) is 0.681. The van der Waals surface area contributed by atoms with Gasteiger partial charge in [-0.15, -0.1) is 0 Å². The fourth-order valence-electron chi connectivity index (χ4n) is 2.08. The first-order valence-corrected chi connectivity index (χ1v) is 6.78. The van der Waals surface area contributed by atoms with Gasteiger partial charge >= 0.3 is 0 Å². The summed E-state index contributed by atoms with van der Waals surface area (Å²) in [6, 6.07) is 15.0. The Kier molecular flexibility index (Phi) is 5.13. The van der Waals surface area contributed by atoms with Gasteiger partial charge in [-0.1, -0.05) is 24.3 Å². The second kappa shape index (κ2) is 7.06. The van der Waals surface area contributed by atoms with Gasteiger partial charge in [0, 0.05) is 12.6 Å². The van der Waals surface area contributed by atoms with Gasteiger partial charge in [0.25, 0.3) is 0 Å². The van der Waals surface area contributed by atoms with Crippen molar-refractivity contribution in [2.75, 3.05) is 7.11 Å². The lowest BCUT2D eigenvalue weighted by Crippen LogP contribution is -2.27. The molecule has 0 amide bonds. The Morgan fingerprint density at radius 3 is 2.20 bits per heavy atom. The maximum atomic E-state index is 12.8. The zero-order chi connectivity index (χ0) is 14.4. The summed E-state index contributed by atoms with van der Waals surface area (Å²) < 4.78 is 18.0. The lowest BCUT2D eigenvalue weighted by molar-refractivity contribution is 0.414. The van der Waals surface area contributed by atoms with E-state index in [1.807, 2.05) is 24.3 Å². The molecule has 2 aromatic carbocycles. The fourth-order valence-corrected chi connectivity index (χ4v) is 2.08. The number of methoxy groups -OCH3 is 1. The smallest absolute Gasteiger partial charge is 0.123 e. The molecule has 0 aliphatic carbocycles. The molecule has 0 heterocycles. The van der Waals surface area contributed by atoms with Crippen molar-refractivity contribution in [2.45, 2.75) is 25.9 Å². The molecule has 0 bridgehead atoms. The van der Waals surface area contributed by atoms with Gasteiger partial charge in [0.1, 0.15) is 11.6 Å². The van der Waals surface area contributed by atoms with Crippen LogP contribution in [0.1, 0.15) is 18.1 Å². The molecule has 1 N–H and O–H groups in total. The van der Waals surface area contributed by atoms with Crippen LogP contribution in [0, 0.1) is 5.82 Å². The molecule has 3 heteroatoms. The maximum Gasteiger partial charge on any atom is 0.123 e. The Bertz CT molecular complexity index is 522. The Balaban J connectivity index is 1.82. The monoisotopic (exact) mass is 273 g/mol. The molecule has 0 aliphatic rings. The molecule has 0 spiro atoms. The van der Waals surface area contributed by atoms with Crippen LogP contribution in [0.5, 0.6) is 5.75 Å². The van der Waals surface area contributed by atoms with Gasteiger partial charge in [0.05, 0.1) is 7.11 Å². The molecule has 20 heavy (non-hydrogen) atoms. The van der Waals surface area contributed by atoms with Crippen molar-refractivity contribution < 1.29 is 9.13 Å². The molecule has 2 nitrogen and oxygen atoms in total. The van der Waals surface area contributed by atoms with E-state index < -0.39 is 0 Å². The topological polar surface area (TPSA) is 21.3 Å². The molecular formula is C17H20FNO. The Morgan fingerprint density at radius 1 is 1.00 bits per heavy atom. The molecule has 0 aliphatic heterocycles. The van der Waals surface area contributed by atoms with Crippen molar-refractivity contribution in [1.29, 1.82) is 0 Å². The molecule has 2 aromatic rings. The minimum Gasteiger partial charge on any atom is -0.497 e. The largest absolute Gasteiger partial charge is 0.497 e. The second-order valence-electron chi connectivity index (χ2n) is 4.96. The van der Waals surface area contributed by atoms with Gasteiger partial charge in [-0.3, -0.25) is 0 Å². The van der Waals surface area contributed by atoms with Crippen LogP contribution in [0.3, 0.4) is 0 Å². The minimum atomic E-state index is -0.187. The van der Waals surface area contributed by atoms with Gasteiger partial charge in [0.15, 0.2) is 0 Å². The summed E-state index contributed by atoms with van der Waals surface area (Å²) in [4.78, 5) is 0. The van der Waals surface area contributed by atoms with Crippen molar-refractivity contribution >= 4 is 0 Å². The molecular weight excluding hydrogens is 253 g/mol. The van der Waals surface area contributed by atoms with Crippen LogP contribution < -0.4 is 10.1 Å². The van der Waals surface area contributed by atoms with Crippen molar-refractivity contribution in [3.63, 3.8) is 0 Å². The average Bonchev–Trinajstić information content (AvgIpc) is 2.48. The Morgan fingerprint density at radius 2 is 1.60 bits per heavy atom. The van der Waals surface area contributed by atoms with E-state index in [4.69, 9.17) is 4.74 Å². The zero-order valence-corrected chi connectivity index (χ0v) is 11.9. The van der Waals surface area contributed by atoms with Gasteiger partial charge in [-0.25, -0.2) is 4.39 Å². The van der Waals surface area contributed by atoms with E-state index in [0.717, 1.165) is 24.3 Å². The number of ether oxygens (including phenoxy) is 1. The van der Waals surface area contributed by atoms with Crippen molar-refractivity contribution in [1.82, 2.24) is 5.32 Å².